The molecule has 2 aliphatic rings. The van der Waals surface area contributed by atoms with E-state index in [4.69, 9.17) is 9.47 Å². The Morgan fingerprint density at radius 1 is 0.734 bits per heavy atom. The van der Waals surface area contributed by atoms with Crippen molar-refractivity contribution in [2.24, 2.45) is 47.3 Å². The fourth-order valence-electron chi connectivity index (χ4n) is 8.35. The van der Waals surface area contributed by atoms with E-state index < -0.39 is 11.7 Å². The molecule has 0 radical (unpaired) electrons. The maximum atomic E-state index is 12.9. The molecule has 10 heteroatoms. The maximum absolute atomic E-state index is 12.9. The van der Waals surface area contributed by atoms with Gasteiger partial charge in [-0.3, -0.25) is 19.2 Å². The molecule has 2 fully saturated rings. The van der Waals surface area contributed by atoms with Crippen LogP contribution in [0.25, 0.3) is 0 Å². The molecule has 2 aliphatic carbocycles. The molecule has 0 unspecified atom stereocenters. The monoisotopic (exact) mass is 891 g/mol. The van der Waals surface area contributed by atoms with Gasteiger partial charge in [0.05, 0.1) is 25.4 Å². The number of alkyl halides is 3. The molecule has 0 N–H and O–H groups in total. The Bertz CT molecular complexity index is 1850. The number of carbonyl (C=O) groups excluding carboxylic acids is 4. The molecule has 0 spiro atoms. The molecule has 0 saturated heterocycles. The standard InChI is InChI=1S/C28H37F3O4.C26H36O3/c1-19(2)35-27(33)13-8-6-5-7-12-25-24(21(4)16-26(25)32)15-14-20(3)18-34-23-11-9-10-22(17-23)28(29,30)31;1-20(15-17-22-11-7-6-8-12-22)16-18-23-21(2)19-25(27)24(23)13-9-4-5-10-14-26(28)29-3/h5,7,9-11,14-15,17,19-21,24-25H,6,8,12-13,16,18H2,1-4H3;4,6-9,11-12,16,18,20-21,23-24H,5,10,13-15,17,19H2,1-3H3/b7-5-,15-14+;9-4-,18-16+/t20-,21-,24+,25-;20-,21+,23-,24+/m10/s1. The minimum atomic E-state index is -4.40. The summed E-state index contributed by atoms with van der Waals surface area (Å²) < 4.78 is 53.9. The van der Waals surface area contributed by atoms with Crippen LogP contribution in [0.4, 0.5) is 13.2 Å². The number of allylic oxidation sites excluding steroid dienone is 7. The highest BCUT2D eigenvalue weighted by Crippen LogP contribution is 2.39. The predicted molar refractivity (Wildman–Crippen MR) is 248 cm³/mol. The SMILES string of the molecule is CC(C)OC(=O)CCC/C=C\C[C@H]1C(=O)C[C@@H](C)[C@@H]1/C=C/[C@@H](C)COc1cccc(C(F)(F)F)c1.COC(=O)CCC/C=C\C[C@H]1C(=O)C[C@@H](C)[C@@H]1/C=C/[C@@H](C)CCc1ccccc1. The fourth-order valence-corrected chi connectivity index (χ4v) is 8.35. The lowest BCUT2D eigenvalue weighted by molar-refractivity contribution is -0.147. The van der Waals surface area contributed by atoms with Crippen LogP contribution < -0.4 is 4.74 Å². The number of unbranched alkanes of at least 4 members (excludes halogenated alkanes) is 2. The van der Waals surface area contributed by atoms with Crippen molar-refractivity contribution in [1.82, 2.24) is 0 Å². The van der Waals surface area contributed by atoms with Crippen molar-refractivity contribution in [3.05, 3.63) is 114 Å². The van der Waals surface area contributed by atoms with Gasteiger partial charge in [-0.2, -0.15) is 13.2 Å². The molecule has 0 amide bonds. The molecule has 0 heterocycles. The van der Waals surface area contributed by atoms with E-state index in [-0.39, 0.29) is 65.8 Å². The van der Waals surface area contributed by atoms with Gasteiger partial charge < -0.3 is 14.2 Å². The van der Waals surface area contributed by atoms with Crippen molar-refractivity contribution >= 4 is 23.5 Å². The Morgan fingerprint density at radius 3 is 1.81 bits per heavy atom. The summed E-state index contributed by atoms with van der Waals surface area (Å²) in [5.74, 6) is 2.08. The highest BCUT2D eigenvalue weighted by Gasteiger charge is 2.38. The summed E-state index contributed by atoms with van der Waals surface area (Å²) in [7, 11) is 1.42. The third-order valence-corrected chi connectivity index (χ3v) is 12.1. The Kier molecular flexibility index (Phi) is 23.7. The minimum absolute atomic E-state index is 0.0192. The van der Waals surface area contributed by atoms with Crippen LogP contribution in [0.2, 0.25) is 0 Å². The second-order valence-electron chi connectivity index (χ2n) is 18.1. The summed E-state index contributed by atoms with van der Waals surface area (Å²) in [6, 6.07) is 15.5. The number of halogens is 3. The first-order chi connectivity index (χ1) is 30.5. The lowest BCUT2D eigenvalue weighted by atomic mass is 9.86. The van der Waals surface area contributed by atoms with Crippen molar-refractivity contribution in [1.29, 1.82) is 0 Å². The van der Waals surface area contributed by atoms with Gasteiger partial charge >= 0.3 is 18.1 Å². The topological polar surface area (TPSA) is 96.0 Å². The second kappa shape index (κ2) is 28.2. The van der Waals surface area contributed by atoms with Crippen molar-refractivity contribution in [2.75, 3.05) is 13.7 Å². The highest BCUT2D eigenvalue weighted by atomic mass is 19.4. The number of carbonyl (C=O) groups is 4. The molecule has 2 aromatic rings. The third kappa shape index (κ3) is 20.0. The van der Waals surface area contributed by atoms with E-state index in [1.165, 1.54) is 24.8 Å². The Labute approximate surface area is 381 Å². The summed E-state index contributed by atoms with van der Waals surface area (Å²) in [6.45, 7) is 12.4. The normalized spacial score (nSPS) is 22.4. The quantitative estimate of drug-likeness (QED) is 0.0623. The first-order valence-corrected chi connectivity index (χ1v) is 23.3. The minimum Gasteiger partial charge on any atom is -0.493 e. The average Bonchev–Trinajstić information content (AvgIpc) is 3.69. The predicted octanol–water partition coefficient (Wildman–Crippen LogP) is 13.1. The number of ether oxygens (including phenoxy) is 3. The van der Waals surface area contributed by atoms with Gasteiger partial charge in [0, 0.05) is 43.4 Å². The van der Waals surface area contributed by atoms with E-state index in [0.29, 0.717) is 62.1 Å². The van der Waals surface area contributed by atoms with E-state index >= 15 is 0 Å². The number of hydrogen-bond acceptors (Lipinski definition) is 7. The maximum Gasteiger partial charge on any atom is 0.416 e. The number of hydrogen-bond donors (Lipinski definition) is 0. The van der Waals surface area contributed by atoms with Crippen molar-refractivity contribution < 1.29 is 46.6 Å². The lowest BCUT2D eigenvalue weighted by Crippen LogP contribution is -2.15. The molecule has 4 rings (SSSR count). The van der Waals surface area contributed by atoms with E-state index in [1.807, 2.05) is 39.0 Å². The van der Waals surface area contributed by atoms with Crippen LogP contribution in [0.3, 0.4) is 0 Å². The summed E-state index contributed by atoms with van der Waals surface area (Å²) in [4.78, 5) is 47.7. The summed E-state index contributed by atoms with van der Waals surface area (Å²) >= 11 is 0. The molecule has 2 saturated carbocycles. The van der Waals surface area contributed by atoms with Crippen LogP contribution in [-0.2, 0) is 41.2 Å². The van der Waals surface area contributed by atoms with Gasteiger partial charge in [0.1, 0.15) is 17.3 Å². The van der Waals surface area contributed by atoms with Gasteiger partial charge in [-0.25, -0.2) is 0 Å². The molecule has 2 aromatic carbocycles. The van der Waals surface area contributed by atoms with Crippen LogP contribution in [0.15, 0.2) is 103 Å². The lowest BCUT2D eigenvalue weighted by Gasteiger charge is -2.18. The number of rotatable bonds is 23. The largest absolute Gasteiger partial charge is 0.493 e. The van der Waals surface area contributed by atoms with Gasteiger partial charge in [0.15, 0.2) is 0 Å². The molecule has 0 aliphatic heterocycles. The Morgan fingerprint density at radius 2 is 1.28 bits per heavy atom. The molecule has 352 valence electrons. The number of benzene rings is 2. The molecule has 64 heavy (non-hydrogen) atoms. The molecular formula is C54H73F3O7. The molecule has 8 atom stereocenters. The molecule has 0 aromatic heterocycles. The fraction of sp³-hybridized carbons (Fsp3) is 0.556. The smallest absolute Gasteiger partial charge is 0.416 e. The summed E-state index contributed by atoms with van der Waals surface area (Å²) in [5, 5.41) is 0. The number of ketones is 2. The van der Waals surface area contributed by atoms with E-state index in [2.05, 4.69) is 86.2 Å². The van der Waals surface area contributed by atoms with Crippen molar-refractivity contribution in [3.63, 3.8) is 0 Å². The van der Waals surface area contributed by atoms with Crippen LogP contribution >= 0.6 is 0 Å². The number of esters is 2. The van der Waals surface area contributed by atoms with Gasteiger partial charge in [-0.15, -0.1) is 0 Å². The first-order valence-electron chi connectivity index (χ1n) is 23.3. The van der Waals surface area contributed by atoms with Crippen LogP contribution in [0, 0.1) is 47.3 Å². The zero-order valence-electron chi connectivity index (χ0n) is 39.2. The number of Topliss-reactive ketones (excluding diaryl/α,β-unsaturated/α-hetero) is 2. The van der Waals surface area contributed by atoms with Gasteiger partial charge in [-0.05, 0) is 119 Å². The Balaban J connectivity index is 0.000000346. The van der Waals surface area contributed by atoms with E-state index in [0.717, 1.165) is 50.7 Å². The van der Waals surface area contributed by atoms with Crippen LogP contribution in [0.5, 0.6) is 5.75 Å². The summed E-state index contributed by atoms with van der Waals surface area (Å²) in [5.41, 5.74) is 0.648. The van der Waals surface area contributed by atoms with Gasteiger partial charge in [0.25, 0.3) is 0 Å². The zero-order chi connectivity index (χ0) is 47.1. The molecular weight excluding hydrogens is 818 g/mol. The highest BCUT2D eigenvalue weighted by molar-refractivity contribution is 5.85. The van der Waals surface area contributed by atoms with Crippen LogP contribution in [-0.4, -0.2) is 43.3 Å². The molecule has 0 bridgehead atoms. The van der Waals surface area contributed by atoms with Crippen molar-refractivity contribution in [3.8, 4) is 5.75 Å². The van der Waals surface area contributed by atoms with E-state index in [9.17, 15) is 32.3 Å². The number of aryl methyl sites for hydroxylation is 1. The van der Waals surface area contributed by atoms with Gasteiger partial charge in [0.2, 0.25) is 0 Å². The third-order valence-electron chi connectivity index (χ3n) is 12.1. The zero-order valence-corrected chi connectivity index (χ0v) is 39.2. The second-order valence-corrected chi connectivity index (χ2v) is 18.1. The van der Waals surface area contributed by atoms with Gasteiger partial charge in [-0.1, -0.05) is 113 Å². The Hall–Kier alpha value is -4.73. The number of methoxy groups -OCH3 is 1. The van der Waals surface area contributed by atoms with E-state index in [1.54, 1.807) is 0 Å². The average molecular weight is 891 g/mol. The first kappa shape index (κ1) is 53.6. The molecule has 7 nitrogen and oxygen atoms in total. The van der Waals surface area contributed by atoms with Crippen LogP contribution in [0.1, 0.15) is 123 Å². The van der Waals surface area contributed by atoms with Crippen molar-refractivity contribution in [2.45, 2.75) is 131 Å². The summed E-state index contributed by atoms with van der Waals surface area (Å²) in [6.07, 6.45) is 21.3.